The Labute approximate surface area is 132 Å². The van der Waals surface area contributed by atoms with Crippen molar-refractivity contribution < 1.29 is 14.3 Å². The fourth-order valence-electron chi connectivity index (χ4n) is 2.13. The molecule has 21 heavy (non-hydrogen) atoms. The number of carbonyl (C=O) groups is 1. The van der Waals surface area contributed by atoms with Crippen LogP contribution >= 0.6 is 15.9 Å². The molecule has 110 valence electrons. The number of methoxy groups -OCH3 is 2. The van der Waals surface area contributed by atoms with Gasteiger partial charge in [0.05, 0.1) is 19.8 Å². The summed E-state index contributed by atoms with van der Waals surface area (Å²) in [5.41, 5.74) is 8.24. The van der Waals surface area contributed by atoms with Gasteiger partial charge in [-0.25, -0.2) is 0 Å². The molecule has 0 aliphatic carbocycles. The maximum Gasteiger partial charge on any atom is 0.198 e. The summed E-state index contributed by atoms with van der Waals surface area (Å²) in [6.07, 6.45) is 0. The van der Waals surface area contributed by atoms with Gasteiger partial charge in [0.1, 0.15) is 11.5 Å². The standard InChI is InChI=1S/C16H16BrNO3/c1-9-6-10(18)4-5-12(9)16(19)15-13(17)7-11(20-2)8-14(15)21-3/h4-8H,18H2,1-3H3. The molecule has 0 aliphatic rings. The zero-order valence-electron chi connectivity index (χ0n) is 12.1. The number of anilines is 1. The lowest BCUT2D eigenvalue weighted by Crippen LogP contribution is -2.08. The molecule has 0 bridgehead atoms. The minimum atomic E-state index is -0.126. The zero-order chi connectivity index (χ0) is 15.6. The van der Waals surface area contributed by atoms with Gasteiger partial charge < -0.3 is 15.2 Å². The van der Waals surface area contributed by atoms with E-state index >= 15 is 0 Å². The van der Waals surface area contributed by atoms with Crippen molar-refractivity contribution in [3.63, 3.8) is 0 Å². The van der Waals surface area contributed by atoms with Crippen molar-refractivity contribution in [1.82, 2.24) is 0 Å². The zero-order valence-corrected chi connectivity index (χ0v) is 13.7. The number of hydrogen-bond acceptors (Lipinski definition) is 4. The summed E-state index contributed by atoms with van der Waals surface area (Å²) in [7, 11) is 3.08. The average molecular weight is 350 g/mol. The molecular weight excluding hydrogens is 334 g/mol. The fourth-order valence-corrected chi connectivity index (χ4v) is 2.73. The SMILES string of the molecule is COc1cc(Br)c(C(=O)c2ccc(N)cc2C)c(OC)c1. The second-order valence-corrected chi connectivity index (χ2v) is 5.44. The number of ketones is 1. The lowest BCUT2D eigenvalue weighted by atomic mass is 9.98. The molecule has 0 atom stereocenters. The Kier molecular flexibility index (Phi) is 4.53. The fraction of sp³-hybridized carbons (Fsp3) is 0.188. The van der Waals surface area contributed by atoms with Crippen molar-refractivity contribution in [3.8, 4) is 11.5 Å². The summed E-state index contributed by atoms with van der Waals surface area (Å²) in [4.78, 5) is 12.8. The molecule has 0 saturated heterocycles. The van der Waals surface area contributed by atoms with Gasteiger partial charge in [-0.15, -0.1) is 0 Å². The highest BCUT2D eigenvalue weighted by Crippen LogP contribution is 2.34. The average Bonchev–Trinajstić information content (AvgIpc) is 2.45. The largest absolute Gasteiger partial charge is 0.497 e. The molecule has 0 heterocycles. The molecule has 5 heteroatoms. The third-order valence-electron chi connectivity index (χ3n) is 3.21. The first kappa shape index (κ1) is 15.4. The Balaban J connectivity index is 2.57. The lowest BCUT2D eigenvalue weighted by molar-refractivity contribution is 0.103. The van der Waals surface area contributed by atoms with Crippen molar-refractivity contribution >= 4 is 27.4 Å². The van der Waals surface area contributed by atoms with Crippen LogP contribution in [0.25, 0.3) is 0 Å². The molecule has 2 N–H and O–H groups in total. The van der Waals surface area contributed by atoms with E-state index < -0.39 is 0 Å². The van der Waals surface area contributed by atoms with E-state index in [9.17, 15) is 4.79 Å². The highest BCUT2D eigenvalue weighted by Gasteiger charge is 2.21. The number of rotatable bonds is 4. The minimum absolute atomic E-state index is 0.126. The van der Waals surface area contributed by atoms with Crippen LogP contribution in [-0.2, 0) is 0 Å². The number of aryl methyl sites for hydroxylation is 1. The summed E-state index contributed by atoms with van der Waals surface area (Å²) in [6, 6.07) is 8.64. The van der Waals surface area contributed by atoms with E-state index in [-0.39, 0.29) is 5.78 Å². The Morgan fingerprint density at radius 2 is 1.86 bits per heavy atom. The molecule has 0 aromatic heterocycles. The highest BCUT2D eigenvalue weighted by atomic mass is 79.9. The Bertz CT molecular complexity index is 698. The van der Waals surface area contributed by atoms with Crippen molar-refractivity contribution in [2.75, 3.05) is 20.0 Å². The third-order valence-corrected chi connectivity index (χ3v) is 3.83. The number of carbonyl (C=O) groups excluding carboxylic acids is 1. The van der Waals surface area contributed by atoms with E-state index in [1.165, 1.54) is 7.11 Å². The Morgan fingerprint density at radius 3 is 2.43 bits per heavy atom. The van der Waals surface area contributed by atoms with Gasteiger partial charge in [0.15, 0.2) is 5.78 Å². The monoisotopic (exact) mass is 349 g/mol. The van der Waals surface area contributed by atoms with Crippen LogP contribution in [0.2, 0.25) is 0 Å². The van der Waals surface area contributed by atoms with E-state index in [0.29, 0.717) is 32.8 Å². The Morgan fingerprint density at radius 1 is 1.14 bits per heavy atom. The third kappa shape index (κ3) is 3.03. The van der Waals surface area contributed by atoms with E-state index in [1.807, 2.05) is 6.92 Å². The van der Waals surface area contributed by atoms with Gasteiger partial charge in [-0.05, 0) is 52.7 Å². The molecule has 0 radical (unpaired) electrons. The second-order valence-electron chi connectivity index (χ2n) is 4.59. The van der Waals surface area contributed by atoms with Crippen LogP contribution in [0.15, 0.2) is 34.8 Å². The molecule has 0 spiro atoms. The molecule has 0 saturated carbocycles. The van der Waals surface area contributed by atoms with Gasteiger partial charge in [-0.2, -0.15) is 0 Å². The maximum absolute atomic E-state index is 12.8. The molecule has 0 fully saturated rings. The highest BCUT2D eigenvalue weighted by molar-refractivity contribution is 9.10. The summed E-state index contributed by atoms with van der Waals surface area (Å²) in [5, 5.41) is 0. The van der Waals surface area contributed by atoms with E-state index in [4.69, 9.17) is 15.2 Å². The molecule has 4 nitrogen and oxygen atoms in total. The van der Waals surface area contributed by atoms with Crippen molar-refractivity contribution in [2.45, 2.75) is 6.92 Å². The molecule has 2 aromatic rings. The number of hydrogen-bond donors (Lipinski definition) is 1. The van der Waals surface area contributed by atoms with Gasteiger partial charge in [0.2, 0.25) is 0 Å². The number of ether oxygens (including phenoxy) is 2. The van der Waals surface area contributed by atoms with E-state index in [0.717, 1.165) is 5.56 Å². The molecular formula is C16H16BrNO3. The van der Waals surface area contributed by atoms with E-state index in [1.54, 1.807) is 37.4 Å². The second kappa shape index (κ2) is 6.18. The van der Waals surface area contributed by atoms with Gasteiger partial charge >= 0.3 is 0 Å². The molecule has 2 aromatic carbocycles. The van der Waals surface area contributed by atoms with Gasteiger partial charge in [0.25, 0.3) is 0 Å². The summed E-state index contributed by atoms with van der Waals surface area (Å²) >= 11 is 3.41. The first-order chi connectivity index (χ1) is 9.97. The van der Waals surface area contributed by atoms with Gasteiger partial charge in [0, 0.05) is 21.8 Å². The number of nitrogens with two attached hydrogens (primary N) is 1. The number of halogens is 1. The van der Waals surface area contributed by atoms with E-state index in [2.05, 4.69) is 15.9 Å². The lowest BCUT2D eigenvalue weighted by Gasteiger charge is -2.13. The predicted molar refractivity (Wildman–Crippen MR) is 86.3 cm³/mol. The number of nitrogen functional groups attached to an aromatic ring is 1. The van der Waals surface area contributed by atoms with Crippen LogP contribution in [0, 0.1) is 6.92 Å². The van der Waals surface area contributed by atoms with Crippen LogP contribution in [0.1, 0.15) is 21.5 Å². The van der Waals surface area contributed by atoms with Gasteiger partial charge in [-0.1, -0.05) is 0 Å². The van der Waals surface area contributed by atoms with Crippen LogP contribution in [-0.4, -0.2) is 20.0 Å². The van der Waals surface area contributed by atoms with Crippen LogP contribution < -0.4 is 15.2 Å². The first-order valence-electron chi connectivity index (χ1n) is 6.30. The molecule has 0 amide bonds. The van der Waals surface area contributed by atoms with Crippen LogP contribution in [0.5, 0.6) is 11.5 Å². The summed E-state index contributed by atoms with van der Waals surface area (Å²) in [6.45, 7) is 1.85. The maximum atomic E-state index is 12.8. The smallest absolute Gasteiger partial charge is 0.198 e. The van der Waals surface area contributed by atoms with Crippen LogP contribution in [0.4, 0.5) is 5.69 Å². The topological polar surface area (TPSA) is 61.5 Å². The van der Waals surface area contributed by atoms with Crippen molar-refractivity contribution in [2.24, 2.45) is 0 Å². The molecule has 0 aliphatic heterocycles. The molecule has 2 rings (SSSR count). The van der Waals surface area contributed by atoms with Crippen molar-refractivity contribution in [3.05, 3.63) is 51.5 Å². The normalized spacial score (nSPS) is 10.3. The Hall–Kier alpha value is -2.01. The minimum Gasteiger partial charge on any atom is -0.497 e. The number of benzene rings is 2. The first-order valence-corrected chi connectivity index (χ1v) is 7.09. The van der Waals surface area contributed by atoms with Crippen molar-refractivity contribution in [1.29, 1.82) is 0 Å². The van der Waals surface area contributed by atoms with Crippen LogP contribution in [0.3, 0.4) is 0 Å². The molecule has 0 unspecified atom stereocenters. The summed E-state index contributed by atoms with van der Waals surface area (Å²) in [5.74, 6) is 0.950. The van der Waals surface area contributed by atoms with Gasteiger partial charge in [-0.3, -0.25) is 4.79 Å². The quantitative estimate of drug-likeness (QED) is 0.676. The summed E-state index contributed by atoms with van der Waals surface area (Å²) < 4.78 is 11.1. The predicted octanol–water partition coefficient (Wildman–Crippen LogP) is 3.59.